The summed E-state index contributed by atoms with van der Waals surface area (Å²) in [5.74, 6) is 1.28. The summed E-state index contributed by atoms with van der Waals surface area (Å²) in [6, 6.07) is 2.09. The summed E-state index contributed by atoms with van der Waals surface area (Å²) in [4.78, 5) is 0. The molecule has 1 aromatic rings. The molecule has 0 bridgehead atoms. The van der Waals surface area contributed by atoms with E-state index in [0.717, 1.165) is 56.6 Å². The maximum absolute atomic E-state index is 9.92. The maximum Gasteiger partial charge on any atom is 0.157 e. The lowest BCUT2D eigenvalue weighted by molar-refractivity contribution is -0.194. The lowest BCUT2D eigenvalue weighted by Crippen LogP contribution is -2.31. The molecule has 146 valence electrons. The first-order valence-corrected chi connectivity index (χ1v) is 10.3. The van der Waals surface area contributed by atoms with Crippen LogP contribution < -0.4 is 0 Å². The fraction of sp³-hybridized carbons (Fsp3) is 0.850. The minimum Gasteiger partial charge on any atom is -0.368 e. The molecule has 6 nitrogen and oxygen atoms in total. The number of aromatic nitrogens is 1. The first kappa shape index (κ1) is 18.4. The number of ether oxygens (including phenoxy) is 3. The van der Waals surface area contributed by atoms with Crippen LogP contribution in [0.25, 0.3) is 0 Å². The van der Waals surface area contributed by atoms with Crippen LogP contribution in [0, 0.1) is 5.92 Å². The van der Waals surface area contributed by atoms with Crippen LogP contribution in [-0.4, -0.2) is 41.7 Å². The van der Waals surface area contributed by atoms with Crippen molar-refractivity contribution in [2.75, 3.05) is 6.61 Å². The number of rotatable bonds is 7. The van der Waals surface area contributed by atoms with Gasteiger partial charge in [-0.05, 0) is 25.7 Å². The largest absolute Gasteiger partial charge is 0.368 e. The van der Waals surface area contributed by atoms with Crippen molar-refractivity contribution in [3.63, 3.8) is 0 Å². The number of hydrogen-bond donors (Lipinski definition) is 1. The van der Waals surface area contributed by atoms with Gasteiger partial charge in [0.05, 0.1) is 17.9 Å². The van der Waals surface area contributed by atoms with E-state index in [0.29, 0.717) is 6.42 Å². The maximum atomic E-state index is 9.92. The molecule has 1 N–H and O–H groups in total. The average molecular weight is 365 g/mol. The van der Waals surface area contributed by atoms with Crippen molar-refractivity contribution >= 4 is 0 Å². The van der Waals surface area contributed by atoms with Gasteiger partial charge in [-0.1, -0.05) is 24.9 Å². The number of aryl methyl sites for hydroxylation is 1. The smallest absolute Gasteiger partial charge is 0.157 e. The van der Waals surface area contributed by atoms with E-state index in [-0.39, 0.29) is 30.3 Å². The number of unbranched alkanes of at least 4 members (excludes halogenated alkanes) is 2. The SMILES string of the molecule is CCCCCc1cc([C@@H]2[C@H]3CC(O)O[C@H]3C[C@H]2OC2CCCCO2)no1. The zero-order valence-electron chi connectivity index (χ0n) is 15.6. The topological polar surface area (TPSA) is 74.0 Å². The molecule has 1 saturated carbocycles. The third-order valence-corrected chi connectivity index (χ3v) is 6.02. The molecule has 0 aromatic carbocycles. The molecular weight excluding hydrogens is 334 g/mol. The van der Waals surface area contributed by atoms with E-state index < -0.39 is 6.29 Å². The van der Waals surface area contributed by atoms with E-state index >= 15 is 0 Å². The van der Waals surface area contributed by atoms with Crippen LogP contribution in [-0.2, 0) is 20.6 Å². The molecule has 4 rings (SSSR count). The van der Waals surface area contributed by atoms with Gasteiger partial charge in [0, 0.05) is 43.8 Å². The summed E-state index contributed by atoms with van der Waals surface area (Å²) in [5.41, 5.74) is 0.947. The molecule has 0 amide bonds. The van der Waals surface area contributed by atoms with E-state index in [1.807, 2.05) is 0 Å². The Morgan fingerprint density at radius 1 is 1.27 bits per heavy atom. The van der Waals surface area contributed by atoms with E-state index in [9.17, 15) is 5.11 Å². The summed E-state index contributed by atoms with van der Waals surface area (Å²) in [6.07, 6.45) is 8.32. The molecule has 26 heavy (non-hydrogen) atoms. The van der Waals surface area contributed by atoms with Gasteiger partial charge in [-0.2, -0.15) is 0 Å². The van der Waals surface area contributed by atoms with Crippen molar-refractivity contribution in [1.82, 2.24) is 5.16 Å². The highest BCUT2D eigenvalue weighted by molar-refractivity contribution is 5.19. The van der Waals surface area contributed by atoms with Crippen LogP contribution in [0.4, 0.5) is 0 Å². The Kier molecular flexibility index (Phi) is 5.93. The quantitative estimate of drug-likeness (QED) is 0.745. The summed E-state index contributed by atoms with van der Waals surface area (Å²) in [6.45, 7) is 2.97. The Morgan fingerprint density at radius 2 is 2.19 bits per heavy atom. The lowest BCUT2D eigenvalue weighted by atomic mass is 9.89. The second kappa shape index (κ2) is 8.38. The van der Waals surface area contributed by atoms with Gasteiger partial charge in [-0.15, -0.1) is 0 Å². The molecule has 1 aromatic heterocycles. The molecule has 2 saturated heterocycles. The van der Waals surface area contributed by atoms with Gasteiger partial charge in [-0.3, -0.25) is 0 Å². The van der Waals surface area contributed by atoms with Crippen molar-refractivity contribution in [1.29, 1.82) is 0 Å². The molecule has 2 unspecified atom stereocenters. The summed E-state index contributed by atoms with van der Waals surface area (Å²) < 4.78 is 23.4. The van der Waals surface area contributed by atoms with Gasteiger partial charge in [0.2, 0.25) is 0 Å². The van der Waals surface area contributed by atoms with E-state index in [4.69, 9.17) is 18.7 Å². The van der Waals surface area contributed by atoms with Crippen LogP contribution in [0.5, 0.6) is 0 Å². The number of aliphatic hydroxyl groups is 1. The molecule has 0 radical (unpaired) electrons. The molecule has 6 atom stereocenters. The lowest BCUT2D eigenvalue weighted by Gasteiger charge is -2.29. The number of nitrogens with zero attached hydrogens (tertiary/aromatic N) is 1. The van der Waals surface area contributed by atoms with Gasteiger partial charge in [0.25, 0.3) is 0 Å². The fourth-order valence-corrected chi connectivity index (χ4v) is 4.72. The van der Waals surface area contributed by atoms with Gasteiger partial charge >= 0.3 is 0 Å². The predicted molar refractivity (Wildman–Crippen MR) is 94.5 cm³/mol. The van der Waals surface area contributed by atoms with Crippen LogP contribution in [0.15, 0.2) is 10.6 Å². The molecule has 3 aliphatic rings. The third-order valence-electron chi connectivity index (χ3n) is 6.02. The zero-order valence-corrected chi connectivity index (χ0v) is 15.6. The monoisotopic (exact) mass is 365 g/mol. The summed E-state index contributed by atoms with van der Waals surface area (Å²) in [7, 11) is 0. The zero-order chi connectivity index (χ0) is 17.9. The third kappa shape index (κ3) is 3.98. The molecule has 2 aliphatic heterocycles. The predicted octanol–water partition coefficient (Wildman–Crippen LogP) is 3.53. The highest BCUT2D eigenvalue weighted by Crippen LogP contribution is 2.49. The average Bonchev–Trinajstić information content (AvgIpc) is 3.30. The fourth-order valence-electron chi connectivity index (χ4n) is 4.72. The summed E-state index contributed by atoms with van der Waals surface area (Å²) in [5, 5.41) is 14.3. The van der Waals surface area contributed by atoms with Crippen LogP contribution in [0.1, 0.15) is 75.7 Å². The van der Waals surface area contributed by atoms with Crippen LogP contribution >= 0.6 is 0 Å². The van der Waals surface area contributed by atoms with E-state index in [2.05, 4.69) is 18.1 Å². The molecule has 3 heterocycles. The highest BCUT2D eigenvalue weighted by Gasteiger charge is 2.52. The van der Waals surface area contributed by atoms with Crippen LogP contribution in [0.3, 0.4) is 0 Å². The van der Waals surface area contributed by atoms with Crippen molar-refractivity contribution < 1.29 is 23.8 Å². The molecule has 6 heteroatoms. The standard InChI is InChI=1S/C20H31NO5/c1-2-3-4-7-13-10-15(21-26-13)20-14-11-18(22)24-16(14)12-17(20)25-19-8-5-6-9-23-19/h10,14,16-20,22H,2-9,11-12H2,1H3/t14-,16-,17+,18?,19?,20-/m0/s1. The Morgan fingerprint density at radius 3 is 3.00 bits per heavy atom. The van der Waals surface area contributed by atoms with Crippen molar-refractivity contribution in [2.24, 2.45) is 5.92 Å². The van der Waals surface area contributed by atoms with Crippen molar-refractivity contribution in [2.45, 2.75) is 95.4 Å². The van der Waals surface area contributed by atoms with E-state index in [1.54, 1.807) is 0 Å². The Bertz CT molecular complexity index is 570. The second-order valence-corrected chi connectivity index (χ2v) is 7.94. The van der Waals surface area contributed by atoms with Crippen molar-refractivity contribution in [3.8, 4) is 0 Å². The number of hydrogen-bond acceptors (Lipinski definition) is 6. The Hall–Kier alpha value is -0.950. The second-order valence-electron chi connectivity index (χ2n) is 7.94. The van der Waals surface area contributed by atoms with Gasteiger partial charge in [-0.25, -0.2) is 0 Å². The molecule has 0 spiro atoms. The number of aliphatic hydroxyl groups excluding tert-OH is 1. The summed E-state index contributed by atoms with van der Waals surface area (Å²) >= 11 is 0. The normalized spacial score (nSPS) is 37.2. The highest BCUT2D eigenvalue weighted by atomic mass is 16.7. The molecule has 3 fully saturated rings. The Balaban J connectivity index is 1.47. The van der Waals surface area contributed by atoms with Gasteiger partial charge in [0.1, 0.15) is 5.76 Å². The first-order chi connectivity index (χ1) is 12.7. The first-order valence-electron chi connectivity index (χ1n) is 10.3. The molecular formula is C20H31NO5. The van der Waals surface area contributed by atoms with Gasteiger partial charge in [0.15, 0.2) is 12.6 Å². The minimum absolute atomic E-state index is 0.00851. The number of fused-ring (bicyclic) bond motifs is 1. The van der Waals surface area contributed by atoms with Gasteiger partial charge < -0.3 is 23.8 Å². The molecule has 1 aliphatic carbocycles. The van der Waals surface area contributed by atoms with Crippen molar-refractivity contribution in [3.05, 3.63) is 17.5 Å². The van der Waals surface area contributed by atoms with E-state index in [1.165, 1.54) is 12.8 Å². The Labute approximate surface area is 155 Å². The minimum atomic E-state index is -0.671. The van der Waals surface area contributed by atoms with Crippen LogP contribution in [0.2, 0.25) is 0 Å².